The Balaban J connectivity index is 2.71. The molecule has 0 bridgehead atoms. The van der Waals surface area contributed by atoms with Gasteiger partial charge in [-0.25, -0.2) is 0 Å². The molecule has 0 saturated carbocycles. The van der Waals surface area contributed by atoms with Gasteiger partial charge in [-0.2, -0.15) is 0 Å². The number of hydrogen-bond acceptors (Lipinski definition) is 1. The minimum atomic E-state index is 1.21. The minimum Gasteiger partial charge on any atom is -0.264 e. The van der Waals surface area contributed by atoms with Gasteiger partial charge in [0.15, 0.2) is 0 Å². The molecule has 0 radical (unpaired) electrons. The van der Waals surface area contributed by atoms with E-state index in [2.05, 4.69) is 45.7 Å². The maximum absolute atomic E-state index is 4.20. The van der Waals surface area contributed by atoms with Crippen LogP contribution in [0, 0.1) is 20.8 Å². The second-order valence-corrected chi connectivity index (χ2v) is 4.38. The highest BCUT2D eigenvalue weighted by Gasteiger charge is 2.09. The molecule has 80 valence electrons. The summed E-state index contributed by atoms with van der Waals surface area (Å²) in [6, 6.07) is 6.37. The average Bonchev–Trinajstić information content (AvgIpc) is 2.28. The van der Waals surface area contributed by atoms with E-state index in [4.69, 9.17) is 0 Å². The van der Waals surface area contributed by atoms with Crippen LogP contribution in [0.3, 0.4) is 0 Å². The molecule has 0 fully saturated rings. The monoisotopic (exact) mass is 209 g/mol. The Hall–Kier alpha value is -1.57. The van der Waals surface area contributed by atoms with Crippen molar-refractivity contribution >= 4 is 13.3 Å². The summed E-state index contributed by atoms with van der Waals surface area (Å²) in [5, 5.41) is 0. The number of rotatable bonds is 1. The van der Waals surface area contributed by atoms with Crippen LogP contribution in [0.5, 0.6) is 0 Å². The molecule has 0 aliphatic carbocycles. The summed E-state index contributed by atoms with van der Waals surface area (Å²) in [6.07, 6.45) is 3.75. The van der Waals surface area contributed by atoms with Crippen molar-refractivity contribution in [2.45, 2.75) is 20.8 Å². The standard InChI is InChI=1S/C14H16BN/c1-9-7-10(2)14(15)11(3)13(9)12-5-4-6-16-8-12/h4-8H,15H2,1-3H3. The Kier molecular flexibility index (Phi) is 2.82. The van der Waals surface area contributed by atoms with Crippen LogP contribution in [0.4, 0.5) is 0 Å². The summed E-state index contributed by atoms with van der Waals surface area (Å²) >= 11 is 0. The van der Waals surface area contributed by atoms with Crippen LogP contribution in [0.2, 0.25) is 0 Å². The fourth-order valence-corrected chi connectivity index (χ4v) is 2.24. The van der Waals surface area contributed by atoms with E-state index in [0.717, 1.165) is 0 Å². The molecule has 2 rings (SSSR count). The third-order valence-electron chi connectivity index (χ3n) is 3.31. The second-order valence-electron chi connectivity index (χ2n) is 4.38. The Morgan fingerprint density at radius 3 is 2.50 bits per heavy atom. The van der Waals surface area contributed by atoms with Gasteiger partial charge in [-0.05, 0) is 43.5 Å². The van der Waals surface area contributed by atoms with Crippen LogP contribution in [-0.4, -0.2) is 12.8 Å². The smallest absolute Gasteiger partial charge is 0.140 e. The summed E-state index contributed by atoms with van der Waals surface area (Å²) < 4.78 is 0. The van der Waals surface area contributed by atoms with Crippen molar-refractivity contribution in [1.29, 1.82) is 0 Å². The van der Waals surface area contributed by atoms with Crippen molar-refractivity contribution in [1.82, 2.24) is 4.98 Å². The van der Waals surface area contributed by atoms with E-state index in [-0.39, 0.29) is 0 Å². The van der Waals surface area contributed by atoms with Crippen LogP contribution in [0.15, 0.2) is 30.6 Å². The molecular formula is C14H16BN. The Bertz CT molecular complexity index is 518. The van der Waals surface area contributed by atoms with Crippen molar-refractivity contribution in [3.05, 3.63) is 47.3 Å². The van der Waals surface area contributed by atoms with Gasteiger partial charge in [-0.1, -0.05) is 23.2 Å². The van der Waals surface area contributed by atoms with Crippen molar-refractivity contribution in [2.75, 3.05) is 0 Å². The average molecular weight is 209 g/mol. The normalized spacial score (nSPS) is 10.4. The van der Waals surface area contributed by atoms with Gasteiger partial charge in [0.2, 0.25) is 0 Å². The quantitative estimate of drug-likeness (QED) is 0.654. The predicted molar refractivity (Wildman–Crippen MR) is 72.1 cm³/mol. The van der Waals surface area contributed by atoms with Crippen LogP contribution in [0.1, 0.15) is 16.7 Å². The van der Waals surface area contributed by atoms with Crippen molar-refractivity contribution < 1.29 is 0 Å². The van der Waals surface area contributed by atoms with Gasteiger partial charge in [0.25, 0.3) is 0 Å². The molecule has 2 aromatic rings. The first kappa shape index (κ1) is 10.9. The zero-order valence-electron chi connectivity index (χ0n) is 10.3. The molecule has 2 heteroatoms. The first-order valence-electron chi connectivity index (χ1n) is 5.59. The van der Waals surface area contributed by atoms with E-state index in [1.165, 1.54) is 33.3 Å². The number of aromatic nitrogens is 1. The van der Waals surface area contributed by atoms with Crippen LogP contribution < -0.4 is 5.46 Å². The number of nitrogens with zero attached hydrogens (tertiary/aromatic N) is 1. The lowest BCUT2D eigenvalue weighted by Gasteiger charge is -2.15. The van der Waals surface area contributed by atoms with Gasteiger partial charge >= 0.3 is 0 Å². The second kappa shape index (κ2) is 4.13. The van der Waals surface area contributed by atoms with Crippen LogP contribution in [0.25, 0.3) is 11.1 Å². The molecule has 1 aromatic heterocycles. The lowest BCUT2D eigenvalue weighted by molar-refractivity contribution is 1.30. The number of benzene rings is 1. The lowest BCUT2D eigenvalue weighted by Crippen LogP contribution is -2.14. The van der Waals surface area contributed by atoms with E-state index < -0.39 is 0 Å². The molecular weight excluding hydrogens is 193 g/mol. The predicted octanol–water partition coefficient (Wildman–Crippen LogP) is 1.93. The topological polar surface area (TPSA) is 12.9 Å². The lowest BCUT2D eigenvalue weighted by atomic mass is 9.81. The minimum absolute atomic E-state index is 1.21. The Morgan fingerprint density at radius 2 is 1.88 bits per heavy atom. The van der Waals surface area contributed by atoms with Gasteiger partial charge in [-0.3, -0.25) is 4.98 Å². The third-order valence-corrected chi connectivity index (χ3v) is 3.31. The van der Waals surface area contributed by atoms with Crippen molar-refractivity contribution in [2.24, 2.45) is 0 Å². The SMILES string of the molecule is Bc1c(C)cc(C)c(-c2cccnc2)c1C. The molecule has 0 aliphatic heterocycles. The molecule has 1 heterocycles. The molecule has 0 spiro atoms. The maximum atomic E-state index is 4.20. The van der Waals surface area contributed by atoms with Crippen LogP contribution >= 0.6 is 0 Å². The van der Waals surface area contributed by atoms with E-state index in [1.54, 1.807) is 0 Å². The maximum Gasteiger partial charge on any atom is 0.140 e. The van der Waals surface area contributed by atoms with E-state index in [1.807, 2.05) is 18.5 Å². The molecule has 0 amide bonds. The van der Waals surface area contributed by atoms with Gasteiger partial charge in [0.05, 0.1) is 0 Å². The van der Waals surface area contributed by atoms with E-state index >= 15 is 0 Å². The molecule has 0 N–H and O–H groups in total. The first-order valence-corrected chi connectivity index (χ1v) is 5.59. The molecule has 1 nitrogen and oxygen atoms in total. The Labute approximate surface area is 98.0 Å². The highest BCUT2D eigenvalue weighted by molar-refractivity contribution is 6.34. The molecule has 0 atom stereocenters. The largest absolute Gasteiger partial charge is 0.264 e. The summed E-state index contributed by atoms with van der Waals surface area (Å²) in [5.41, 5.74) is 7.97. The van der Waals surface area contributed by atoms with E-state index in [9.17, 15) is 0 Å². The van der Waals surface area contributed by atoms with Crippen molar-refractivity contribution in [3.63, 3.8) is 0 Å². The highest BCUT2D eigenvalue weighted by atomic mass is 14.6. The molecule has 1 aromatic carbocycles. The van der Waals surface area contributed by atoms with Gasteiger partial charge in [0.1, 0.15) is 7.85 Å². The zero-order valence-corrected chi connectivity index (χ0v) is 10.3. The molecule has 16 heavy (non-hydrogen) atoms. The Morgan fingerprint density at radius 1 is 1.12 bits per heavy atom. The van der Waals surface area contributed by atoms with Gasteiger partial charge < -0.3 is 0 Å². The summed E-state index contributed by atoms with van der Waals surface area (Å²) in [6.45, 7) is 6.53. The third kappa shape index (κ3) is 1.76. The summed E-state index contributed by atoms with van der Waals surface area (Å²) in [4.78, 5) is 4.20. The number of aryl methyl sites for hydroxylation is 2. The van der Waals surface area contributed by atoms with Crippen LogP contribution in [-0.2, 0) is 0 Å². The summed E-state index contributed by atoms with van der Waals surface area (Å²) in [7, 11) is 2.18. The van der Waals surface area contributed by atoms with Crippen molar-refractivity contribution in [3.8, 4) is 11.1 Å². The first-order chi connectivity index (χ1) is 7.61. The highest BCUT2D eigenvalue weighted by Crippen LogP contribution is 2.25. The number of hydrogen-bond donors (Lipinski definition) is 0. The molecule has 0 unspecified atom stereocenters. The number of pyridine rings is 1. The zero-order chi connectivity index (χ0) is 11.7. The fraction of sp³-hybridized carbons (Fsp3) is 0.214. The molecule has 0 saturated heterocycles. The fourth-order valence-electron chi connectivity index (χ4n) is 2.24. The molecule has 0 aliphatic rings. The van der Waals surface area contributed by atoms with E-state index in [0.29, 0.717) is 0 Å². The van der Waals surface area contributed by atoms with Gasteiger partial charge in [-0.15, -0.1) is 0 Å². The van der Waals surface area contributed by atoms with Gasteiger partial charge in [0, 0.05) is 18.0 Å². The summed E-state index contributed by atoms with van der Waals surface area (Å²) in [5.74, 6) is 0.